The molecule has 0 bridgehead atoms. The predicted molar refractivity (Wildman–Crippen MR) is 60.0 cm³/mol. The lowest BCUT2D eigenvalue weighted by molar-refractivity contribution is -0.150. The molecule has 5 nitrogen and oxygen atoms in total. The van der Waals surface area contributed by atoms with Crippen LogP contribution < -0.4 is 5.32 Å². The average Bonchev–Trinajstić information content (AvgIpc) is 2.11. The van der Waals surface area contributed by atoms with Crippen molar-refractivity contribution in [2.75, 3.05) is 13.7 Å². The van der Waals surface area contributed by atoms with E-state index in [9.17, 15) is 9.59 Å². The Bertz CT molecular complexity index is 266. The molecular weight excluding hydrogens is 210 g/mol. The first-order chi connectivity index (χ1) is 7.08. The van der Waals surface area contributed by atoms with Gasteiger partial charge in [-0.3, -0.25) is 4.79 Å². The lowest BCUT2D eigenvalue weighted by Gasteiger charge is -2.24. The highest BCUT2D eigenvalue weighted by molar-refractivity contribution is 5.77. The zero-order valence-electron chi connectivity index (χ0n) is 10.8. The molecule has 0 aliphatic heterocycles. The molecule has 94 valence electrons. The summed E-state index contributed by atoms with van der Waals surface area (Å²) in [6.07, 6.45) is -0.538. The summed E-state index contributed by atoms with van der Waals surface area (Å²) in [5, 5.41) is 2.53. The van der Waals surface area contributed by atoms with Crippen molar-refractivity contribution >= 4 is 12.1 Å². The van der Waals surface area contributed by atoms with Crippen LogP contribution in [0.15, 0.2) is 0 Å². The Morgan fingerprint density at radius 3 is 2.00 bits per heavy atom. The molecule has 0 aromatic carbocycles. The van der Waals surface area contributed by atoms with Crippen molar-refractivity contribution in [2.24, 2.45) is 5.41 Å². The fourth-order valence-electron chi connectivity index (χ4n) is 0.956. The van der Waals surface area contributed by atoms with Crippen LogP contribution in [-0.4, -0.2) is 31.3 Å². The molecule has 0 fully saturated rings. The number of esters is 1. The zero-order valence-corrected chi connectivity index (χ0v) is 10.8. The number of hydrogen-bond acceptors (Lipinski definition) is 4. The SMILES string of the molecule is COC(=O)C(C)(C)CNC(=O)OC(C)(C)C. The highest BCUT2D eigenvalue weighted by Gasteiger charge is 2.29. The maximum atomic E-state index is 11.3. The summed E-state index contributed by atoms with van der Waals surface area (Å²) in [6, 6.07) is 0. The second-order valence-corrected chi connectivity index (χ2v) is 5.23. The predicted octanol–water partition coefficient (Wildman–Crippen LogP) is 1.71. The maximum Gasteiger partial charge on any atom is 0.407 e. The molecule has 0 spiro atoms. The summed E-state index contributed by atoms with van der Waals surface area (Å²) in [6.45, 7) is 8.88. The fraction of sp³-hybridized carbons (Fsp3) is 0.818. The van der Waals surface area contributed by atoms with Crippen molar-refractivity contribution in [2.45, 2.75) is 40.2 Å². The number of carbonyl (C=O) groups is 2. The van der Waals surface area contributed by atoms with Gasteiger partial charge in [0.15, 0.2) is 0 Å². The van der Waals surface area contributed by atoms with E-state index >= 15 is 0 Å². The van der Waals surface area contributed by atoms with Crippen LogP contribution in [-0.2, 0) is 14.3 Å². The van der Waals surface area contributed by atoms with Crippen LogP contribution >= 0.6 is 0 Å². The Morgan fingerprint density at radius 1 is 1.12 bits per heavy atom. The zero-order chi connectivity index (χ0) is 13.0. The van der Waals surface area contributed by atoms with Crippen molar-refractivity contribution in [3.63, 3.8) is 0 Å². The van der Waals surface area contributed by atoms with Crippen LogP contribution in [0, 0.1) is 5.41 Å². The second-order valence-electron chi connectivity index (χ2n) is 5.23. The molecule has 0 aromatic rings. The number of amides is 1. The van der Waals surface area contributed by atoms with E-state index in [1.54, 1.807) is 34.6 Å². The largest absolute Gasteiger partial charge is 0.469 e. The minimum atomic E-state index is -0.758. The number of rotatable bonds is 3. The number of alkyl carbamates (subject to hydrolysis) is 1. The molecule has 0 heterocycles. The number of nitrogens with one attached hydrogen (secondary N) is 1. The molecule has 0 unspecified atom stereocenters. The van der Waals surface area contributed by atoms with Gasteiger partial charge in [-0.05, 0) is 34.6 Å². The van der Waals surface area contributed by atoms with Crippen LogP contribution in [0.1, 0.15) is 34.6 Å². The van der Waals surface area contributed by atoms with Crippen molar-refractivity contribution in [1.82, 2.24) is 5.32 Å². The van der Waals surface area contributed by atoms with Gasteiger partial charge in [-0.2, -0.15) is 0 Å². The van der Waals surface area contributed by atoms with Gasteiger partial charge in [0, 0.05) is 6.54 Å². The molecule has 0 aromatic heterocycles. The monoisotopic (exact) mass is 231 g/mol. The van der Waals surface area contributed by atoms with E-state index in [1.807, 2.05) is 0 Å². The first kappa shape index (κ1) is 14.7. The van der Waals surface area contributed by atoms with Crippen molar-refractivity contribution in [3.8, 4) is 0 Å². The number of hydrogen-bond donors (Lipinski definition) is 1. The van der Waals surface area contributed by atoms with Crippen LogP contribution in [0.4, 0.5) is 4.79 Å². The van der Waals surface area contributed by atoms with Crippen molar-refractivity contribution < 1.29 is 19.1 Å². The summed E-state index contributed by atoms with van der Waals surface area (Å²) in [5.74, 6) is -0.372. The Labute approximate surface area is 96.5 Å². The molecular formula is C11H21NO4. The van der Waals surface area contributed by atoms with Gasteiger partial charge in [0.25, 0.3) is 0 Å². The molecule has 0 aliphatic carbocycles. The second kappa shape index (κ2) is 5.18. The number of carbonyl (C=O) groups excluding carboxylic acids is 2. The average molecular weight is 231 g/mol. The number of methoxy groups -OCH3 is 1. The molecule has 1 amide bonds. The molecule has 0 aliphatic rings. The van der Waals surface area contributed by atoms with Crippen molar-refractivity contribution in [3.05, 3.63) is 0 Å². The summed E-state index contributed by atoms with van der Waals surface area (Å²) in [4.78, 5) is 22.6. The third-order valence-electron chi connectivity index (χ3n) is 1.81. The van der Waals surface area contributed by atoms with E-state index in [0.717, 1.165) is 0 Å². The standard InChI is InChI=1S/C11H21NO4/c1-10(2,3)16-9(14)12-7-11(4,5)8(13)15-6/h7H2,1-6H3,(H,12,14). The summed E-state index contributed by atoms with van der Waals surface area (Å²) in [5.41, 5.74) is -1.30. The van der Waals surface area contributed by atoms with Gasteiger partial charge in [0.1, 0.15) is 5.60 Å². The first-order valence-electron chi connectivity index (χ1n) is 5.14. The lowest BCUT2D eigenvalue weighted by atomic mass is 9.94. The topological polar surface area (TPSA) is 64.6 Å². The summed E-state index contributed by atoms with van der Waals surface area (Å²) < 4.78 is 9.66. The van der Waals surface area contributed by atoms with Crippen molar-refractivity contribution in [1.29, 1.82) is 0 Å². The normalized spacial score (nSPS) is 11.9. The van der Waals surface area contributed by atoms with E-state index in [1.165, 1.54) is 7.11 Å². The molecule has 0 rings (SSSR count). The smallest absolute Gasteiger partial charge is 0.407 e. The number of ether oxygens (including phenoxy) is 2. The molecule has 1 N–H and O–H groups in total. The van der Waals surface area contributed by atoms with Gasteiger partial charge >= 0.3 is 12.1 Å². The van der Waals surface area contributed by atoms with E-state index in [0.29, 0.717) is 0 Å². The third-order valence-corrected chi connectivity index (χ3v) is 1.81. The van der Waals surface area contributed by atoms with Gasteiger partial charge in [-0.25, -0.2) is 4.79 Å². The van der Waals surface area contributed by atoms with Crippen LogP contribution in [0.2, 0.25) is 0 Å². The lowest BCUT2D eigenvalue weighted by Crippen LogP contribution is -2.41. The third kappa shape index (κ3) is 5.58. The minimum Gasteiger partial charge on any atom is -0.469 e. The molecule has 5 heteroatoms. The van der Waals surface area contributed by atoms with Gasteiger partial charge in [0.05, 0.1) is 12.5 Å². The van der Waals surface area contributed by atoms with E-state index in [2.05, 4.69) is 10.1 Å². The molecule has 0 atom stereocenters. The molecule has 0 saturated heterocycles. The van der Waals surface area contributed by atoms with Gasteiger partial charge in [0.2, 0.25) is 0 Å². The van der Waals surface area contributed by atoms with E-state index < -0.39 is 17.1 Å². The van der Waals surface area contributed by atoms with Gasteiger partial charge in [-0.15, -0.1) is 0 Å². The van der Waals surface area contributed by atoms with E-state index in [-0.39, 0.29) is 12.5 Å². The molecule has 0 saturated carbocycles. The maximum absolute atomic E-state index is 11.3. The molecule has 0 radical (unpaired) electrons. The van der Waals surface area contributed by atoms with E-state index in [4.69, 9.17) is 4.74 Å². The first-order valence-corrected chi connectivity index (χ1v) is 5.14. The Morgan fingerprint density at radius 2 is 1.62 bits per heavy atom. The Hall–Kier alpha value is -1.26. The highest BCUT2D eigenvalue weighted by Crippen LogP contribution is 2.15. The Balaban J connectivity index is 4.15. The fourth-order valence-corrected chi connectivity index (χ4v) is 0.956. The Kier molecular flexibility index (Phi) is 4.78. The quantitative estimate of drug-likeness (QED) is 0.751. The van der Waals surface area contributed by atoms with Gasteiger partial charge in [-0.1, -0.05) is 0 Å². The summed E-state index contributed by atoms with van der Waals surface area (Å²) >= 11 is 0. The van der Waals surface area contributed by atoms with Crippen LogP contribution in [0.5, 0.6) is 0 Å². The van der Waals surface area contributed by atoms with Crippen LogP contribution in [0.3, 0.4) is 0 Å². The highest BCUT2D eigenvalue weighted by atomic mass is 16.6. The molecule has 16 heavy (non-hydrogen) atoms. The van der Waals surface area contributed by atoms with Crippen LogP contribution in [0.25, 0.3) is 0 Å². The minimum absolute atomic E-state index is 0.175. The van der Waals surface area contributed by atoms with Gasteiger partial charge < -0.3 is 14.8 Å². The summed E-state index contributed by atoms with van der Waals surface area (Å²) in [7, 11) is 1.32.